The summed E-state index contributed by atoms with van der Waals surface area (Å²) in [5, 5.41) is 0. The molecule has 1 heterocycles. The number of aryl methyl sites for hydroxylation is 3. The monoisotopic (exact) mass is 274 g/mol. The summed E-state index contributed by atoms with van der Waals surface area (Å²) in [5.74, 6) is 0.815. The number of carbonyl (C=O) groups excluding carboxylic acids is 1. The summed E-state index contributed by atoms with van der Waals surface area (Å²) in [6.07, 6.45) is 2.10. The highest BCUT2D eigenvalue weighted by Gasteiger charge is 2.30. The van der Waals surface area contributed by atoms with Crippen molar-refractivity contribution in [3.8, 4) is 0 Å². The van der Waals surface area contributed by atoms with Gasteiger partial charge >= 0.3 is 0 Å². The van der Waals surface area contributed by atoms with E-state index in [1.165, 1.54) is 5.56 Å². The summed E-state index contributed by atoms with van der Waals surface area (Å²) in [6, 6.07) is 4.36. The molecule has 20 heavy (non-hydrogen) atoms. The second-order valence-corrected chi connectivity index (χ2v) is 6.29. The van der Waals surface area contributed by atoms with E-state index in [2.05, 4.69) is 26.0 Å². The van der Waals surface area contributed by atoms with E-state index in [1.807, 2.05) is 18.7 Å². The number of likely N-dealkylation sites (tertiary alicyclic amines) is 1. The van der Waals surface area contributed by atoms with Gasteiger partial charge in [0.15, 0.2) is 0 Å². The Bertz CT molecular complexity index is 487. The van der Waals surface area contributed by atoms with Crippen LogP contribution in [0.15, 0.2) is 12.1 Å². The minimum absolute atomic E-state index is 0.155. The van der Waals surface area contributed by atoms with Crippen LogP contribution in [0.5, 0.6) is 0 Å². The maximum atomic E-state index is 12.9. The van der Waals surface area contributed by atoms with Crippen molar-refractivity contribution in [2.75, 3.05) is 13.1 Å². The van der Waals surface area contributed by atoms with Gasteiger partial charge < -0.3 is 10.6 Å². The topological polar surface area (TPSA) is 46.3 Å². The first-order valence-corrected chi connectivity index (χ1v) is 7.53. The van der Waals surface area contributed by atoms with E-state index in [9.17, 15) is 4.79 Å². The number of nitrogens with zero attached hydrogens (tertiary/aromatic N) is 1. The van der Waals surface area contributed by atoms with Crippen LogP contribution in [0.4, 0.5) is 0 Å². The molecule has 1 aliphatic heterocycles. The van der Waals surface area contributed by atoms with Gasteiger partial charge in [0, 0.05) is 24.7 Å². The molecule has 0 spiro atoms. The van der Waals surface area contributed by atoms with E-state index < -0.39 is 0 Å². The number of hydrogen-bond donors (Lipinski definition) is 1. The van der Waals surface area contributed by atoms with Gasteiger partial charge in [-0.2, -0.15) is 0 Å². The van der Waals surface area contributed by atoms with Gasteiger partial charge in [-0.15, -0.1) is 0 Å². The smallest absolute Gasteiger partial charge is 0.254 e. The number of rotatable bonds is 2. The zero-order valence-corrected chi connectivity index (χ0v) is 13.1. The third kappa shape index (κ3) is 2.88. The molecule has 2 rings (SSSR count). The summed E-state index contributed by atoms with van der Waals surface area (Å²) >= 11 is 0. The number of nitrogens with two attached hydrogens (primary N) is 1. The molecule has 1 fully saturated rings. The van der Waals surface area contributed by atoms with E-state index in [4.69, 9.17) is 5.73 Å². The zero-order valence-electron chi connectivity index (χ0n) is 13.1. The largest absolute Gasteiger partial charge is 0.334 e. The van der Waals surface area contributed by atoms with Crippen LogP contribution in [0.2, 0.25) is 0 Å². The Morgan fingerprint density at radius 2 is 1.90 bits per heavy atom. The standard InChI is InChI=1S/C17H26N2O/c1-11-5-6-19(15(9-11)10-18)17(20)16-13(3)7-12(2)8-14(16)4/h7-8,11,15H,5-6,9-10,18H2,1-4H3. The van der Waals surface area contributed by atoms with Crippen LogP contribution < -0.4 is 5.73 Å². The van der Waals surface area contributed by atoms with E-state index in [-0.39, 0.29) is 11.9 Å². The maximum Gasteiger partial charge on any atom is 0.254 e. The first-order valence-electron chi connectivity index (χ1n) is 7.53. The highest BCUT2D eigenvalue weighted by Crippen LogP contribution is 2.26. The molecule has 0 aliphatic carbocycles. The number of piperidine rings is 1. The first kappa shape index (κ1) is 15.0. The Balaban J connectivity index is 2.31. The fraction of sp³-hybridized carbons (Fsp3) is 0.588. The molecule has 3 heteroatoms. The van der Waals surface area contributed by atoms with E-state index in [0.717, 1.165) is 36.1 Å². The van der Waals surface area contributed by atoms with Crippen molar-refractivity contribution in [3.63, 3.8) is 0 Å². The molecule has 2 atom stereocenters. The Labute approximate surface area is 122 Å². The van der Waals surface area contributed by atoms with Crippen LogP contribution in [0.3, 0.4) is 0 Å². The molecule has 3 nitrogen and oxygen atoms in total. The lowest BCUT2D eigenvalue weighted by Gasteiger charge is -2.38. The van der Waals surface area contributed by atoms with Crippen molar-refractivity contribution in [1.82, 2.24) is 4.90 Å². The number of hydrogen-bond acceptors (Lipinski definition) is 2. The number of carbonyl (C=O) groups is 1. The molecule has 1 aliphatic rings. The first-order chi connectivity index (χ1) is 9.43. The minimum Gasteiger partial charge on any atom is -0.334 e. The van der Waals surface area contributed by atoms with Gasteiger partial charge in [-0.3, -0.25) is 4.79 Å². The third-order valence-electron chi connectivity index (χ3n) is 4.40. The second-order valence-electron chi connectivity index (χ2n) is 6.29. The Morgan fingerprint density at radius 3 is 2.45 bits per heavy atom. The Morgan fingerprint density at radius 1 is 1.30 bits per heavy atom. The lowest BCUT2D eigenvalue weighted by molar-refractivity contribution is 0.0572. The van der Waals surface area contributed by atoms with Crippen LogP contribution in [0, 0.1) is 26.7 Å². The summed E-state index contributed by atoms with van der Waals surface area (Å²) in [4.78, 5) is 14.9. The van der Waals surface area contributed by atoms with Gasteiger partial charge in [0.25, 0.3) is 5.91 Å². The van der Waals surface area contributed by atoms with Crippen molar-refractivity contribution in [2.24, 2.45) is 11.7 Å². The molecule has 1 aromatic carbocycles. The Hall–Kier alpha value is -1.35. The molecule has 1 saturated heterocycles. The van der Waals surface area contributed by atoms with Crippen LogP contribution in [0.1, 0.15) is 46.8 Å². The van der Waals surface area contributed by atoms with Crippen LogP contribution in [0.25, 0.3) is 0 Å². The molecule has 0 radical (unpaired) electrons. The number of amides is 1. The average molecular weight is 274 g/mol. The highest BCUT2D eigenvalue weighted by atomic mass is 16.2. The van der Waals surface area contributed by atoms with Gasteiger partial charge in [-0.1, -0.05) is 24.6 Å². The predicted molar refractivity (Wildman–Crippen MR) is 82.9 cm³/mol. The number of benzene rings is 1. The molecule has 1 aromatic rings. The lowest BCUT2D eigenvalue weighted by atomic mass is 9.90. The molecular formula is C17H26N2O. The summed E-state index contributed by atoms with van der Waals surface area (Å²) in [7, 11) is 0. The second kappa shape index (κ2) is 5.96. The van der Waals surface area contributed by atoms with Crippen LogP contribution >= 0.6 is 0 Å². The molecule has 0 bridgehead atoms. The fourth-order valence-corrected chi connectivity index (χ4v) is 3.40. The van der Waals surface area contributed by atoms with Crippen molar-refractivity contribution in [3.05, 3.63) is 34.4 Å². The molecule has 2 N–H and O–H groups in total. The van der Waals surface area contributed by atoms with Crippen molar-refractivity contribution < 1.29 is 4.79 Å². The van der Waals surface area contributed by atoms with Crippen LogP contribution in [-0.2, 0) is 0 Å². The molecule has 0 saturated carbocycles. The summed E-state index contributed by atoms with van der Waals surface area (Å²) in [5.41, 5.74) is 10.1. The zero-order chi connectivity index (χ0) is 14.9. The molecule has 2 unspecified atom stereocenters. The summed E-state index contributed by atoms with van der Waals surface area (Å²) < 4.78 is 0. The van der Waals surface area contributed by atoms with Crippen molar-refractivity contribution in [2.45, 2.75) is 46.6 Å². The quantitative estimate of drug-likeness (QED) is 0.901. The highest BCUT2D eigenvalue weighted by molar-refractivity contribution is 5.97. The average Bonchev–Trinajstić information content (AvgIpc) is 2.37. The molecule has 110 valence electrons. The van der Waals surface area contributed by atoms with Crippen molar-refractivity contribution in [1.29, 1.82) is 0 Å². The Kier molecular flexibility index (Phi) is 4.48. The normalized spacial score (nSPS) is 22.9. The molecule has 1 amide bonds. The fourth-order valence-electron chi connectivity index (χ4n) is 3.40. The van der Waals surface area contributed by atoms with Gasteiger partial charge in [-0.25, -0.2) is 0 Å². The van der Waals surface area contributed by atoms with Gasteiger partial charge in [0.1, 0.15) is 0 Å². The minimum atomic E-state index is 0.155. The SMILES string of the molecule is Cc1cc(C)c(C(=O)N2CCC(C)CC2CN)c(C)c1. The van der Waals surface area contributed by atoms with E-state index >= 15 is 0 Å². The predicted octanol–water partition coefficient (Wildman–Crippen LogP) is 2.81. The van der Waals surface area contributed by atoms with Crippen LogP contribution in [-0.4, -0.2) is 29.9 Å². The van der Waals surface area contributed by atoms with Crippen molar-refractivity contribution >= 4 is 5.91 Å². The maximum absolute atomic E-state index is 12.9. The van der Waals surface area contributed by atoms with Gasteiger partial charge in [-0.05, 0) is 50.7 Å². The van der Waals surface area contributed by atoms with Gasteiger partial charge in [0.05, 0.1) is 0 Å². The van der Waals surface area contributed by atoms with Gasteiger partial charge in [0.2, 0.25) is 0 Å². The summed E-state index contributed by atoms with van der Waals surface area (Å²) in [6.45, 7) is 9.75. The lowest BCUT2D eigenvalue weighted by Crippen LogP contribution is -2.49. The molecular weight excluding hydrogens is 248 g/mol. The van der Waals surface area contributed by atoms with E-state index in [0.29, 0.717) is 12.5 Å². The third-order valence-corrected chi connectivity index (χ3v) is 4.40. The van der Waals surface area contributed by atoms with E-state index in [1.54, 1.807) is 0 Å². The molecule has 0 aromatic heterocycles.